The molecule has 3 N–H and O–H groups in total. The number of H-pyrrole nitrogens is 1. The molecule has 0 radical (unpaired) electrons. The minimum atomic E-state index is 1.02. The van der Waals surface area contributed by atoms with Gasteiger partial charge in [-0.25, -0.2) is 0 Å². The summed E-state index contributed by atoms with van der Waals surface area (Å²) in [5.74, 6) is 0. The van der Waals surface area contributed by atoms with E-state index in [1.165, 1.54) is 42.6 Å². The van der Waals surface area contributed by atoms with Crippen molar-refractivity contribution in [2.75, 3.05) is 7.05 Å². The molecule has 1 heterocycles. The fraction of sp³-hybridized carbons (Fsp3) is 0.667. The number of nitrogens with one attached hydrogen (secondary N) is 1. The smallest absolute Gasteiger partial charge is 0.120 e. The molecule has 1 aliphatic rings. The highest BCUT2D eigenvalue weighted by Gasteiger charge is 2.16. The zero-order chi connectivity index (χ0) is 8.39. The Bertz CT molecular complexity index is 265. The van der Waals surface area contributed by atoms with Crippen molar-refractivity contribution in [3.05, 3.63) is 17.0 Å². The minimum Gasteiger partial charge on any atom is -0.344 e. The van der Waals surface area contributed by atoms with Crippen molar-refractivity contribution in [3.63, 3.8) is 0 Å². The monoisotopic (exact) mass is 166 g/mol. The Balaban J connectivity index is 2.25. The summed E-state index contributed by atoms with van der Waals surface area (Å²) in [7, 11) is 2.09. The van der Waals surface area contributed by atoms with Gasteiger partial charge in [0.05, 0.1) is 7.05 Å². The van der Waals surface area contributed by atoms with Gasteiger partial charge in [0, 0.05) is 11.3 Å². The summed E-state index contributed by atoms with van der Waals surface area (Å²) in [5.41, 5.74) is 4.16. The maximum Gasteiger partial charge on any atom is 0.120 e. The maximum absolute atomic E-state index is 4.33. The molecular formula is C9H16N3+. The summed E-state index contributed by atoms with van der Waals surface area (Å²) < 4.78 is 0. The van der Waals surface area contributed by atoms with Crippen LogP contribution in [-0.4, -0.2) is 17.2 Å². The number of nitrogens with two attached hydrogens (primary N) is 1. The molecule has 0 aliphatic heterocycles. The van der Waals surface area contributed by atoms with E-state index in [2.05, 4.69) is 22.6 Å². The third-order valence-electron chi connectivity index (χ3n) is 2.54. The third-order valence-corrected chi connectivity index (χ3v) is 2.54. The summed E-state index contributed by atoms with van der Waals surface area (Å²) >= 11 is 0. The summed E-state index contributed by atoms with van der Waals surface area (Å²) in [6.07, 6.45) is 5.09. The average molecular weight is 166 g/mol. The second-order valence-corrected chi connectivity index (χ2v) is 3.45. The largest absolute Gasteiger partial charge is 0.344 e. The van der Waals surface area contributed by atoms with E-state index in [1.54, 1.807) is 0 Å². The van der Waals surface area contributed by atoms with E-state index in [0.29, 0.717) is 0 Å². The van der Waals surface area contributed by atoms with Crippen LogP contribution < -0.4 is 5.32 Å². The first-order valence-electron chi connectivity index (χ1n) is 4.74. The summed E-state index contributed by atoms with van der Waals surface area (Å²) in [6, 6.07) is 0. The molecule has 12 heavy (non-hydrogen) atoms. The van der Waals surface area contributed by atoms with E-state index < -0.39 is 0 Å². The molecule has 66 valence electrons. The van der Waals surface area contributed by atoms with Crippen molar-refractivity contribution in [3.8, 4) is 0 Å². The summed E-state index contributed by atoms with van der Waals surface area (Å²) in [6.45, 7) is 1.02. The van der Waals surface area contributed by atoms with Gasteiger partial charge < -0.3 is 5.32 Å². The highest BCUT2D eigenvalue weighted by atomic mass is 15.1. The SMILES string of the molecule is C[NH2+]Cc1n[nH]c2c1CCCC2. The number of quaternary nitrogens is 1. The van der Waals surface area contributed by atoms with E-state index in [-0.39, 0.29) is 0 Å². The van der Waals surface area contributed by atoms with Crippen LogP contribution in [0.4, 0.5) is 0 Å². The molecule has 1 aromatic heterocycles. The van der Waals surface area contributed by atoms with Gasteiger partial charge in [0.25, 0.3) is 0 Å². The molecule has 0 bridgehead atoms. The summed E-state index contributed by atoms with van der Waals surface area (Å²) in [5, 5.41) is 9.64. The Kier molecular flexibility index (Phi) is 2.13. The number of aromatic nitrogens is 2. The number of fused-ring (bicyclic) bond motifs is 1. The van der Waals surface area contributed by atoms with Gasteiger partial charge in [-0.3, -0.25) is 5.10 Å². The fourth-order valence-electron chi connectivity index (χ4n) is 1.91. The van der Waals surface area contributed by atoms with E-state index in [1.807, 2.05) is 0 Å². The minimum absolute atomic E-state index is 1.02. The van der Waals surface area contributed by atoms with Crippen LogP contribution in [0.25, 0.3) is 0 Å². The Morgan fingerprint density at radius 2 is 2.25 bits per heavy atom. The second kappa shape index (κ2) is 3.27. The zero-order valence-corrected chi connectivity index (χ0v) is 7.56. The van der Waals surface area contributed by atoms with Crippen LogP contribution in [0.2, 0.25) is 0 Å². The third kappa shape index (κ3) is 1.25. The summed E-state index contributed by atoms with van der Waals surface area (Å²) in [4.78, 5) is 0. The fourth-order valence-corrected chi connectivity index (χ4v) is 1.91. The quantitative estimate of drug-likeness (QED) is 0.637. The number of aryl methyl sites for hydroxylation is 1. The lowest BCUT2D eigenvalue weighted by Gasteiger charge is -2.09. The predicted molar refractivity (Wildman–Crippen MR) is 46.8 cm³/mol. The second-order valence-electron chi connectivity index (χ2n) is 3.45. The number of hydrogen-bond acceptors (Lipinski definition) is 1. The first-order chi connectivity index (χ1) is 5.92. The molecule has 0 unspecified atom stereocenters. The van der Waals surface area contributed by atoms with Gasteiger partial charge in [-0.05, 0) is 25.7 Å². The van der Waals surface area contributed by atoms with Crippen molar-refractivity contribution < 1.29 is 5.32 Å². The lowest BCUT2D eigenvalue weighted by Crippen LogP contribution is -2.77. The van der Waals surface area contributed by atoms with E-state index in [9.17, 15) is 0 Å². The number of hydrogen-bond donors (Lipinski definition) is 2. The first kappa shape index (κ1) is 7.80. The van der Waals surface area contributed by atoms with Gasteiger partial charge in [-0.1, -0.05) is 0 Å². The van der Waals surface area contributed by atoms with Gasteiger partial charge >= 0.3 is 0 Å². The van der Waals surface area contributed by atoms with Crippen LogP contribution in [-0.2, 0) is 19.4 Å². The van der Waals surface area contributed by atoms with E-state index >= 15 is 0 Å². The Hall–Kier alpha value is -0.830. The first-order valence-corrected chi connectivity index (χ1v) is 4.74. The number of rotatable bonds is 2. The lowest BCUT2D eigenvalue weighted by atomic mass is 9.96. The molecule has 0 fully saturated rings. The van der Waals surface area contributed by atoms with Crippen molar-refractivity contribution in [2.24, 2.45) is 0 Å². The standard InChI is InChI=1S/C9H15N3/c1-10-6-9-7-4-2-3-5-8(7)11-12-9/h10H,2-6H2,1H3,(H,11,12)/p+1. The van der Waals surface area contributed by atoms with Crippen LogP contribution in [0.3, 0.4) is 0 Å². The maximum atomic E-state index is 4.33. The van der Waals surface area contributed by atoms with Gasteiger partial charge in [-0.15, -0.1) is 0 Å². The van der Waals surface area contributed by atoms with Crippen molar-refractivity contribution >= 4 is 0 Å². The zero-order valence-electron chi connectivity index (χ0n) is 7.56. The average Bonchev–Trinajstić information content (AvgIpc) is 2.50. The molecule has 0 saturated heterocycles. The van der Waals surface area contributed by atoms with Crippen molar-refractivity contribution in [2.45, 2.75) is 32.2 Å². The van der Waals surface area contributed by atoms with Crippen molar-refractivity contribution in [1.82, 2.24) is 10.2 Å². The molecule has 3 nitrogen and oxygen atoms in total. The Morgan fingerprint density at radius 3 is 3.08 bits per heavy atom. The molecule has 3 heteroatoms. The van der Waals surface area contributed by atoms with Gasteiger partial charge in [-0.2, -0.15) is 5.10 Å². The molecule has 0 amide bonds. The molecule has 1 aromatic rings. The molecule has 0 atom stereocenters. The van der Waals surface area contributed by atoms with E-state index in [4.69, 9.17) is 0 Å². The van der Waals surface area contributed by atoms with Crippen LogP contribution in [0, 0.1) is 0 Å². The molecule has 0 saturated carbocycles. The Morgan fingerprint density at radius 1 is 1.42 bits per heavy atom. The van der Waals surface area contributed by atoms with Crippen LogP contribution in [0.5, 0.6) is 0 Å². The van der Waals surface area contributed by atoms with E-state index in [0.717, 1.165) is 6.54 Å². The topological polar surface area (TPSA) is 45.3 Å². The Labute approximate surface area is 72.6 Å². The number of aromatic amines is 1. The number of nitrogens with zero attached hydrogens (tertiary/aromatic N) is 1. The van der Waals surface area contributed by atoms with Crippen molar-refractivity contribution in [1.29, 1.82) is 0 Å². The predicted octanol–water partition coefficient (Wildman–Crippen LogP) is -0.0183. The molecule has 0 aromatic carbocycles. The van der Waals surface area contributed by atoms with Gasteiger partial charge in [0.15, 0.2) is 0 Å². The van der Waals surface area contributed by atoms with Gasteiger partial charge in [0.2, 0.25) is 0 Å². The highest BCUT2D eigenvalue weighted by Crippen LogP contribution is 2.21. The molecule has 0 spiro atoms. The van der Waals surface area contributed by atoms with Crippen LogP contribution >= 0.6 is 0 Å². The lowest BCUT2D eigenvalue weighted by molar-refractivity contribution is -0.643. The molecular weight excluding hydrogens is 150 g/mol. The molecule has 2 rings (SSSR count). The van der Waals surface area contributed by atoms with Gasteiger partial charge in [0.1, 0.15) is 12.2 Å². The normalized spacial score (nSPS) is 16.1. The van der Waals surface area contributed by atoms with Crippen LogP contribution in [0.1, 0.15) is 29.8 Å². The van der Waals surface area contributed by atoms with Crippen LogP contribution in [0.15, 0.2) is 0 Å². The highest BCUT2D eigenvalue weighted by molar-refractivity contribution is 5.26. The molecule has 1 aliphatic carbocycles.